The molecule has 0 aliphatic rings. The Balaban J connectivity index is 2.49. The first kappa shape index (κ1) is 16.4. The topological polar surface area (TPSA) is 95.9 Å². The Kier molecular flexibility index (Phi) is 5.93. The number of anilines is 1. The van der Waals surface area contributed by atoms with E-state index in [1.54, 1.807) is 12.1 Å². The fraction of sp³-hybridized carbons (Fsp3) is 0.417. The third-order valence-corrected chi connectivity index (χ3v) is 4.26. The molecule has 0 radical (unpaired) electrons. The number of carboxylic acid groups (broad SMARTS) is 1. The first-order valence-corrected chi connectivity index (χ1v) is 7.34. The lowest BCUT2D eigenvalue weighted by atomic mass is 10.3. The highest BCUT2D eigenvalue weighted by Crippen LogP contribution is 2.16. The van der Waals surface area contributed by atoms with Gasteiger partial charge in [0.2, 0.25) is 10.0 Å². The molecule has 2 N–H and O–H groups in total. The van der Waals surface area contributed by atoms with Crippen LogP contribution >= 0.6 is 0 Å². The minimum absolute atomic E-state index is 0.218. The van der Waals surface area contributed by atoms with Crippen LogP contribution in [0.2, 0.25) is 0 Å². The van der Waals surface area contributed by atoms with E-state index in [-0.39, 0.29) is 18.1 Å². The minimum Gasteiger partial charge on any atom is -0.480 e. The van der Waals surface area contributed by atoms with Gasteiger partial charge in [-0.1, -0.05) is 0 Å². The van der Waals surface area contributed by atoms with Crippen molar-refractivity contribution in [1.82, 2.24) is 4.31 Å². The molecule has 1 rings (SSSR count). The van der Waals surface area contributed by atoms with Crippen LogP contribution in [0.4, 0.5) is 5.69 Å². The number of ether oxygens (including phenoxy) is 1. The van der Waals surface area contributed by atoms with E-state index in [1.165, 1.54) is 26.2 Å². The lowest BCUT2D eigenvalue weighted by Crippen LogP contribution is -2.22. The Morgan fingerprint density at radius 1 is 1.30 bits per heavy atom. The van der Waals surface area contributed by atoms with E-state index in [9.17, 15) is 13.2 Å². The van der Waals surface area contributed by atoms with Crippen molar-refractivity contribution in [1.29, 1.82) is 0 Å². The molecule has 0 bridgehead atoms. The molecule has 7 nitrogen and oxygen atoms in total. The van der Waals surface area contributed by atoms with Gasteiger partial charge in [0.1, 0.15) is 6.61 Å². The average Bonchev–Trinajstić information content (AvgIpc) is 2.38. The van der Waals surface area contributed by atoms with Gasteiger partial charge >= 0.3 is 5.97 Å². The fourth-order valence-electron chi connectivity index (χ4n) is 1.38. The number of rotatable bonds is 8. The summed E-state index contributed by atoms with van der Waals surface area (Å²) in [6.45, 7) is 0.360. The molecule has 0 amide bonds. The number of sulfonamides is 1. The number of hydrogen-bond acceptors (Lipinski definition) is 5. The van der Waals surface area contributed by atoms with Gasteiger partial charge < -0.3 is 15.2 Å². The Bertz CT molecular complexity index is 539. The number of hydrogen-bond donors (Lipinski definition) is 2. The molecule has 0 aliphatic heterocycles. The first-order chi connectivity index (χ1) is 9.34. The van der Waals surface area contributed by atoms with E-state index in [0.29, 0.717) is 6.54 Å². The average molecular weight is 302 g/mol. The predicted molar refractivity (Wildman–Crippen MR) is 74.3 cm³/mol. The molecule has 0 fully saturated rings. The summed E-state index contributed by atoms with van der Waals surface area (Å²) in [6, 6.07) is 6.31. The molecule has 1 aromatic rings. The lowest BCUT2D eigenvalue weighted by molar-refractivity contribution is -0.142. The Morgan fingerprint density at radius 3 is 2.40 bits per heavy atom. The molecule has 20 heavy (non-hydrogen) atoms. The first-order valence-electron chi connectivity index (χ1n) is 5.90. The largest absolute Gasteiger partial charge is 0.480 e. The normalized spacial score (nSPS) is 11.6. The third-order valence-electron chi connectivity index (χ3n) is 2.43. The second-order valence-electron chi connectivity index (χ2n) is 4.18. The van der Waals surface area contributed by atoms with E-state index in [4.69, 9.17) is 9.84 Å². The van der Waals surface area contributed by atoms with Crippen molar-refractivity contribution in [2.75, 3.05) is 39.2 Å². The number of nitrogens with zero attached hydrogens (tertiary/aromatic N) is 1. The predicted octanol–water partition coefficient (Wildman–Crippen LogP) is 0.450. The molecule has 8 heteroatoms. The van der Waals surface area contributed by atoms with Gasteiger partial charge in [-0.15, -0.1) is 0 Å². The molecule has 0 saturated heterocycles. The van der Waals surface area contributed by atoms with E-state index in [1.807, 2.05) is 0 Å². The quantitative estimate of drug-likeness (QED) is 0.677. The van der Waals surface area contributed by atoms with Gasteiger partial charge in [0.25, 0.3) is 0 Å². The van der Waals surface area contributed by atoms with Crippen molar-refractivity contribution in [3.05, 3.63) is 24.3 Å². The highest BCUT2D eigenvalue weighted by molar-refractivity contribution is 7.89. The third kappa shape index (κ3) is 4.80. The highest BCUT2D eigenvalue weighted by atomic mass is 32.2. The van der Waals surface area contributed by atoms with Crippen LogP contribution < -0.4 is 5.32 Å². The zero-order chi connectivity index (χ0) is 15.2. The zero-order valence-electron chi connectivity index (χ0n) is 11.4. The smallest absolute Gasteiger partial charge is 0.329 e. The van der Waals surface area contributed by atoms with E-state index < -0.39 is 16.0 Å². The SMILES string of the molecule is CN(C)S(=O)(=O)c1ccc(NCCOCC(=O)O)cc1. The van der Waals surface area contributed by atoms with E-state index in [0.717, 1.165) is 9.99 Å². The van der Waals surface area contributed by atoms with Gasteiger partial charge in [0.05, 0.1) is 11.5 Å². The maximum Gasteiger partial charge on any atom is 0.329 e. The molecule has 0 heterocycles. The summed E-state index contributed by atoms with van der Waals surface area (Å²) in [6.07, 6.45) is 0. The molecule has 0 saturated carbocycles. The molecule has 0 atom stereocenters. The van der Waals surface area contributed by atoms with E-state index >= 15 is 0 Å². The minimum atomic E-state index is -3.42. The standard InChI is InChI=1S/C12H18N2O5S/c1-14(2)20(17,18)11-5-3-10(4-6-11)13-7-8-19-9-12(15)16/h3-6,13H,7-9H2,1-2H3,(H,15,16). The summed E-state index contributed by atoms with van der Waals surface area (Å²) in [5.41, 5.74) is 0.738. The van der Waals surface area contributed by atoms with Crippen molar-refractivity contribution in [3.63, 3.8) is 0 Å². The van der Waals surface area contributed by atoms with E-state index in [2.05, 4.69) is 5.32 Å². The van der Waals surface area contributed by atoms with Gasteiger partial charge in [-0.2, -0.15) is 0 Å². The number of aliphatic carboxylic acids is 1. The summed E-state index contributed by atoms with van der Waals surface area (Å²) in [5.74, 6) is -1.01. The summed E-state index contributed by atoms with van der Waals surface area (Å²) in [5, 5.41) is 11.4. The van der Waals surface area contributed by atoms with Crippen LogP contribution in [0, 0.1) is 0 Å². The van der Waals surface area contributed by atoms with Crippen molar-refractivity contribution in [2.24, 2.45) is 0 Å². The highest BCUT2D eigenvalue weighted by Gasteiger charge is 2.16. The van der Waals surface area contributed by atoms with Crippen LogP contribution in [0.5, 0.6) is 0 Å². The maximum absolute atomic E-state index is 11.8. The molecule has 0 aliphatic carbocycles. The van der Waals surface area contributed by atoms with Crippen molar-refractivity contribution < 1.29 is 23.1 Å². The fourth-order valence-corrected chi connectivity index (χ4v) is 2.28. The molecular weight excluding hydrogens is 284 g/mol. The monoisotopic (exact) mass is 302 g/mol. The lowest BCUT2D eigenvalue weighted by Gasteiger charge is -2.12. The van der Waals surface area contributed by atoms with Crippen LogP contribution in [-0.2, 0) is 19.6 Å². The van der Waals surface area contributed by atoms with Crippen LogP contribution in [0.3, 0.4) is 0 Å². The maximum atomic E-state index is 11.8. The molecule has 1 aromatic carbocycles. The van der Waals surface area contributed by atoms with Crippen molar-refractivity contribution in [3.8, 4) is 0 Å². The van der Waals surface area contributed by atoms with Gasteiger partial charge in [-0.25, -0.2) is 17.5 Å². The summed E-state index contributed by atoms with van der Waals surface area (Å²) >= 11 is 0. The Hall–Kier alpha value is -1.64. The summed E-state index contributed by atoms with van der Waals surface area (Å²) in [4.78, 5) is 10.4. The number of benzene rings is 1. The van der Waals surface area contributed by atoms with Crippen LogP contribution in [0.1, 0.15) is 0 Å². The molecule has 112 valence electrons. The Labute approximate surface area is 118 Å². The van der Waals surface area contributed by atoms with Crippen molar-refractivity contribution in [2.45, 2.75) is 4.90 Å². The van der Waals surface area contributed by atoms with Gasteiger partial charge in [0, 0.05) is 26.3 Å². The number of carboxylic acids is 1. The van der Waals surface area contributed by atoms with Gasteiger partial charge in [0.15, 0.2) is 0 Å². The van der Waals surface area contributed by atoms with Crippen LogP contribution in [-0.4, -0.2) is 57.7 Å². The molecule has 0 unspecified atom stereocenters. The molecule has 0 spiro atoms. The van der Waals surface area contributed by atoms with Crippen molar-refractivity contribution >= 4 is 21.7 Å². The number of nitrogens with one attached hydrogen (secondary N) is 1. The summed E-state index contributed by atoms with van der Waals surface area (Å²) in [7, 11) is -0.470. The second kappa shape index (κ2) is 7.22. The Morgan fingerprint density at radius 2 is 1.90 bits per heavy atom. The number of carbonyl (C=O) groups is 1. The molecule has 0 aromatic heterocycles. The van der Waals surface area contributed by atoms with Gasteiger partial charge in [-0.05, 0) is 24.3 Å². The van der Waals surface area contributed by atoms with Gasteiger partial charge in [-0.3, -0.25) is 0 Å². The molecular formula is C12H18N2O5S. The summed E-state index contributed by atoms with van der Waals surface area (Å²) < 4.78 is 29.7. The van der Waals surface area contributed by atoms with Crippen LogP contribution in [0.25, 0.3) is 0 Å². The zero-order valence-corrected chi connectivity index (χ0v) is 12.2. The second-order valence-corrected chi connectivity index (χ2v) is 6.34. The van der Waals surface area contributed by atoms with Crippen LogP contribution in [0.15, 0.2) is 29.2 Å².